The van der Waals surface area contributed by atoms with Crippen LogP contribution in [-0.4, -0.2) is 44.9 Å². The van der Waals surface area contributed by atoms with E-state index in [9.17, 15) is 9.59 Å². The molecule has 1 aromatic heterocycles. The Morgan fingerprint density at radius 3 is 2.84 bits per heavy atom. The molecule has 25 heavy (non-hydrogen) atoms. The number of aromatic nitrogens is 3. The summed E-state index contributed by atoms with van der Waals surface area (Å²) in [5, 5.41) is 8.51. The second-order valence-corrected chi connectivity index (χ2v) is 6.85. The molecule has 0 bridgehead atoms. The van der Waals surface area contributed by atoms with Crippen molar-refractivity contribution in [3.63, 3.8) is 0 Å². The number of hydrogen-bond acceptors (Lipinski definition) is 5. The molecule has 8 heteroatoms. The molecule has 1 amide bonds. The van der Waals surface area contributed by atoms with Crippen molar-refractivity contribution in [2.24, 2.45) is 17.6 Å². The van der Waals surface area contributed by atoms with Crippen LogP contribution in [0.4, 0.5) is 0 Å². The fourth-order valence-electron chi connectivity index (χ4n) is 4.04. The van der Waals surface area contributed by atoms with Gasteiger partial charge in [0, 0.05) is 25.6 Å². The Hall–Kier alpha value is -1.99. The van der Waals surface area contributed by atoms with Crippen molar-refractivity contribution >= 4 is 29.2 Å². The van der Waals surface area contributed by atoms with Crippen molar-refractivity contribution in [1.82, 2.24) is 19.9 Å². The zero-order chi connectivity index (χ0) is 16.7. The summed E-state index contributed by atoms with van der Waals surface area (Å²) in [5.41, 5.74) is 6.49. The van der Waals surface area contributed by atoms with Gasteiger partial charge in [-0.3, -0.25) is 9.59 Å². The molecule has 2 aromatic rings. The summed E-state index contributed by atoms with van der Waals surface area (Å²) in [7, 11) is 0. The highest BCUT2D eigenvalue weighted by Crippen LogP contribution is 2.37. The highest BCUT2D eigenvalue weighted by atomic mass is 35.5. The first-order chi connectivity index (χ1) is 11.6. The average molecular weight is 364 g/mol. The second-order valence-electron chi connectivity index (χ2n) is 6.85. The number of benzene rings is 1. The van der Waals surface area contributed by atoms with E-state index < -0.39 is 0 Å². The topological polar surface area (TPSA) is 94.1 Å². The van der Waals surface area contributed by atoms with E-state index in [2.05, 4.69) is 10.3 Å². The maximum atomic E-state index is 12.5. The predicted octanol–water partition coefficient (Wildman–Crippen LogP) is 0.799. The van der Waals surface area contributed by atoms with Crippen LogP contribution in [0.3, 0.4) is 0 Å². The van der Waals surface area contributed by atoms with E-state index in [4.69, 9.17) is 5.73 Å². The highest BCUT2D eigenvalue weighted by molar-refractivity contribution is 5.85. The smallest absolute Gasteiger partial charge is 0.277 e. The standard InChI is InChI=1S/C17H21N5O2.ClH/c18-14-6-5-11-9-21(10-13(11)14)16(23)7-8-22-17(24)12-3-1-2-4-15(12)19-20-22;/h1-4,11,13-14H,5-10,18H2;1H. The molecule has 7 nitrogen and oxygen atoms in total. The van der Waals surface area contributed by atoms with Gasteiger partial charge in [-0.25, -0.2) is 4.68 Å². The van der Waals surface area contributed by atoms with Gasteiger partial charge in [0.1, 0.15) is 5.52 Å². The Morgan fingerprint density at radius 2 is 2.04 bits per heavy atom. The quantitative estimate of drug-likeness (QED) is 0.870. The van der Waals surface area contributed by atoms with Crippen LogP contribution in [0.5, 0.6) is 0 Å². The average Bonchev–Trinajstić information content (AvgIpc) is 3.17. The Morgan fingerprint density at radius 1 is 1.24 bits per heavy atom. The molecule has 134 valence electrons. The summed E-state index contributed by atoms with van der Waals surface area (Å²) < 4.78 is 1.28. The van der Waals surface area contributed by atoms with E-state index in [1.165, 1.54) is 4.68 Å². The van der Waals surface area contributed by atoms with Gasteiger partial charge in [-0.05, 0) is 36.8 Å². The molecule has 1 aromatic carbocycles. The van der Waals surface area contributed by atoms with Gasteiger partial charge in [0.15, 0.2) is 0 Å². The third-order valence-corrected chi connectivity index (χ3v) is 5.43. The number of halogens is 1. The monoisotopic (exact) mass is 363 g/mol. The van der Waals surface area contributed by atoms with Crippen molar-refractivity contribution in [3.05, 3.63) is 34.6 Å². The summed E-state index contributed by atoms with van der Waals surface area (Å²) in [5.74, 6) is 1.06. The molecule has 1 saturated heterocycles. The van der Waals surface area contributed by atoms with Gasteiger partial charge in [0.25, 0.3) is 5.56 Å². The number of nitrogens with two attached hydrogens (primary N) is 1. The summed E-state index contributed by atoms with van der Waals surface area (Å²) in [6.07, 6.45) is 2.45. The summed E-state index contributed by atoms with van der Waals surface area (Å²) in [6, 6.07) is 7.33. The third kappa shape index (κ3) is 3.26. The lowest BCUT2D eigenvalue weighted by molar-refractivity contribution is -0.130. The molecule has 1 aliphatic carbocycles. The Kier molecular flexibility index (Phi) is 5.06. The van der Waals surface area contributed by atoms with Gasteiger partial charge in [-0.2, -0.15) is 0 Å². The first-order valence-corrected chi connectivity index (χ1v) is 8.49. The van der Waals surface area contributed by atoms with Gasteiger partial charge >= 0.3 is 0 Å². The van der Waals surface area contributed by atoms with Crippen LogP contribution >= 0.6 is 12.4 Å². The number of nitrogens with zero attached hydrogens (tertiary/aromatic N) is 4. The number of rotatable bonds is 3. The molecule has 4 rings (SSSR count). The zero-order valence-corrected chi connectivity index (χ0v) is 14.7. The number of likely N-dealkylation sites (tertiary alicyclic amines) is 1. The molecule has 3 atom stereocenters. The Balaban J connectivity index is 0.00000182. The van der Waals surface area contributed by atoms with Crippen LogP contribution in [0, 0.1) is 11.8 Å². The van der Waals surface area contributed by atoms with Gasteiger partial charge in [0.2, 0.25) is 5.91 Å². The van der Waals surface area contributed by atoms with Crippen LogP contribution in [0.15, 0.2) is 29.1 Å². The largest absolute Gasteiger partial charge is 0.342 e. The Bertz CT molecular complexity index is 839. The number of amides is 1. The minimum atomic E-state index is -0.200. The fraction of sp³-hybridized carbons (Fsp3) is 0.529. The van der Waals surface area contributed by atoms with Crippen LogP contribution in [0.25, 0.3) is 10.9 Å². The molecular weight excluding hydrogens is 342 g/mol. The molecule has 0 radical (unpaired) electrons. The SMILES string of the molecule is Cl.NC1CCC2CN(C(=O)CCn3nnc4ccccc4c3=O)CC12. The lowest BCUT2D eigenvalue weighted by Gasteiger charge is -2.18. The zero-order valence-electron chi connectivity index (χ0n) is 13.9. The molecule has 0 spiro atoms. The van der Waals surface area contributed by atoms with Crippen molar-refractivity contribution in [2.75, 3.05) is 13.1 Å². The summed E-state index contributed by atoms with van der Waals surface area (Å²) in [4.78, 5) is 26.7. The summed E-state index contributed by atoms with van der Waals surface area (Å²) >= 11 is 0. The molecule has 1 aliphatic heterocycles. The van der Waals surface area contributed by atoms with Gasteiger partial charge in [0.05, 0.1) is 11.9 Å². The number of carbonyl (C=O) groups is 1. The first kappa shape index (κ1) is 17.8. The van der Waals surface area contributed by atoms with Crippen LogP contribution < -0.4 is 11.3 Å². The van der Waals surface area contributed by atoms with Crippen LogP contribution in [0.1, 0.15) is 19.3 Å². The number of carbonyl (C=O) groups excluding carboxylic acids is 1. The van der Waals surface area contributed by atoms with Crippen LogP contribution in [-0.2, 0) is 11.3 Å². The van der Waals surface area contributed by atoms with E-state index in [-0.39, 0.29) is 42.9 Å². The van der Waals surface area contributed by atoms with E-state index in [1.807, 2.05) is 11.0 Å². The molecule has 2 fully saturated rings. The van der Waals surface area contributed by atoms with Gasteiger partial charge < -0.3 is 10.6 Å². The van der Waals surface area contributed by atoms with E-state index >= 15 is 0 Å². The predicted molar refractivity (Wildman–Crippen MR) is 96.4 cm³/mol. The minimum absolute atomic E-state index is 0. The van der Waals surface area contributed by atoms with E-state index in [0.717, 1.165) is 25.9 Å². The fourth-order valence-corrected chi connectivity index (χ4v) is 4.04. The lowest BCUT2D eigenvalue weighted by atomic mass is 9.98. The highest BCUT2D eigenvalue weighted by Gasteiger charge is 2.42. The molecule has 2 heterocycles. The minimum Gasteiger partial charge on any atom is -0.342 e. The Labute approximate surface area is 151 Å². The maximum Gasteiger partial charge on any atom is 0.277 e. The van der Waals surface area contributed by atoms with Crippen molar-refractivity contribution in [3.8, 4) is 0 Å². The third-order valence-electron chi connectivity index (χ3n) is 5.43. The number of aryl methyl sites for hydroxylation is 1. The number of fused-ring (bicyclic) bond motifs is 2. The van der Waals surface area contributed by atoms with Crippen molar-refractivity contribution in [1.29, 1.82) is 0 Å². The molecule has 2 N–H and O–H groups in total. The molecule has 3 unspecified atom stereocenters. The van der Waals surface area contributed by atoms with Crippen LogP contribution in [0.2, 0.25) is 0 Å². The molecule has 2 aliphatic rings. The van der Waals surface area contributed by atoms with Crippen molar-refractivity contribution < 1.29 is 4.79 Å². The van der Waals surface area contributed by atoms with Gasteiger partial charge in [-0.15, -0.1) is 17.5 Å². The van der Waals surface area contributed by atoms with Gasteiger partial charge in [-0.1, -0.05) is 17.3 Å². The van der Waals surface area contributed by atoms with E-state index in [0.29, 0.717) is 22.7 Å². The molecular formula is C17H22ClN5O2. The first-order valence-electron chi connectivity index (χ1n) is 8.49. The van der Waals surface area contributed by atoms with E-state index in [1.54, 1.807) is 18.2 Å². The second kappa shape index (κ2) is 7.09. The normalized spacial score (nSPS) is 25.0. The number of hydrogen-bond donors (Lipinski definition) is 1. The lowest BCUT2D eigenvalue weighted by Crippen LogP contribution is -2.34. The summed E-state index contributed by atoms with van der Waals surface area (Å²) in [6.45, 7) is 1.81. The molecule has 1 saturated carbocycles. The maximum absolute atomic E-state index is 12.5. The van der Waals surface area contributed by atoms with Crippen molar-refractivity contribution in [2.45, 2.75) is 31.8 Å².